The fraction of sp³-hybridized carbons (Fsp3) is 0.909. The molecule has 0 amide bonds. The van der Waals surface area contributed by atoms with Crippen molar-refractivity contribution in [3.8, 4) is 0 Å². The molecule has 2 fully saturated rings. The van der Waals surface area contributed by atoms with Gasteiger partial charge in [0.15, 0.2) is 47.9 Å². The van der Waals surface area contributed by atoms with Gasteiger partial charge in [-0.25, -0.2) is 0 Å². The Bertz CT molecular complexity index is 1190. The smallest absolute Gasteiger partial charge is 0.305 e. The first-order valence-corrected chi connectivity index (χ1v) is 35.2. The Labute approximate surface area is 317 Å². The summed E-state index contributed by atoms with van der Waals surface area (Å²) in [6, 6.07) is 0. The van der Waals surface area contributed by atoms with E-state index in [1.165, 1.54) is 20.8 Å². The van der Waals surface area contributed by atoms with Crippen molar-refractivity contribution in [2.24, 2.45) is 0 Å². The third kappa shape index (κ3) is 16.9. The molecule has 0 radical (unpaired) electrons. The molecule has 0 spiro atoms. The fourth-order valence-electron chi connectivity index (χ4n) is 5.81. The minimum Gasteiger partial charge on any atom is -0.463 e. The second-order valence-electron chi connectivity index (χ2n) is 18.4. The quantitative estimate of drug-likeness (QED) is 0.101. The molecular formula is C33H68O14Si5. The van der Waals surface area contributed by atoms with Crippen LogP contribution in [0, 0.1) is 0 Å². The summed E-state index contributed by atoms with van der Waals surface area (Å²) in [6.45, 7) is 34.5. The zero-order valence-corrected chi connectivity index (χ0v) is 39.9. The molecule has 10 atom stereocenters. The van der Waals surface area contributed by atoms with E-state index in [2.05, 4.69) is 58.9 Å². The summed E-state index contributed by atoms with van der Waals surface area (Å²) in [5.74, 6) is -1.57. The van der Waals surface area contributed by atoms with Crippen LogP contribution in [0.5, 0.6) is 0 Å². The molecule has 0 saturated carbocycles. The van der Waals surface area contributed by atoms with Gasteiger partial charge in [0.1, 0.15) is 62.0 Å². The van der Waals surface area contributed by atoms with Crippen molar-refractivity contribution in [2.75, 3.05) is 13.2 Å². The molecule has 0 aromatic heterocycles. The van der Waals surface area contributed by atoms with Crippen LogP contribution in [0.15, 0.2) is 0 Å². The van der Waals surface area contributed by atoms with E-state index in [0.29, 0.717) is 0 Å². The summed E-state index contributed by atoms with van der Waals surface area (Å²) >= 11 is 0. The van der Waals surface area contributed by atoms with Gasteiger partial charge < -0.3 is 50.6 Å². The first kappa shape index (κ1) is 47.3. The summed E-state index contributed by atoms with van der Waals surface area (Å²) in [5, 5.41) is 0. The van der Waals surface area contributed by atoms with Crippen LogP contribution in [0.2, 0.25) is 98.2 Å². The van der Waals surface area contributed by atoms with Crippen molar-refractivity contribution < 1.29 is 64.9 Å². The lowest BCUT2D eigenvalue weighted by atomic mass is 9.97. The molecule has 0 aromatic rings. The Hall–Kier alpha value is -0.826. The molecular weight excluding hydrogens is 761 g/mol. The molecule has 2 rings (SSSR count). The summed E-state index contributed by atoms with van der Waals surface area (Å²) in [4.78, 5) is 36.7. The first-order valence-electron chi connectivity index (χ1n) is 18.1. The second-order valence-corrected chi connectivity index (χ2v) is 40.7. The second kappa shape index (κ2) is 18.4. The summed E-state index contributed by atoms with van der Waals surface area (Å²) < 4.78 is 71.3. The van der Waals surface area contributed by atoms with Gasteiger partial charge in [0.2, 0.25) is 6.29 Å². The highest BCUT2D eigenvalue weighted by atomic mass is 28.4. The number of rotatable bonds is 17. The van der Waals surface area contributed by atoms with Gasteiger partial charge in [0.05, 0.1) is 0 Å². The van der Waals surface area contributed by atoms with E-state index in [-0.39, 0.29) is 13.2 Å². The lowest BCUT2D eigenvalue weighted by Crippen LogP contribution is -2.69. The van der Waals surface area contributed by atoms with Crippen molar-refractivity contribution in [1.82, 2.24) is 0 Å². The Morgan fingerprint density at radius 1 is 0.423 bits per heavy atom. The molecule has 0 aliphatic carbocycles. The van der Waals surface area contributed by atoms with Gasteiger partial charge >= 0.3 is 17.9 Å². The maximum Gasteiger partial charge on any atom is 0.305 e. The van der Waals surface area contributed by atoms with Crippen LogP contribution in [0.1, 0.15) is 20.8 Å². The van der Waals surface area contributed by atoms with Gasteiger partial charge in [0, 0.05) is 20.8 Å². The first-order chi connectivity index (χ1) is 23.3. The zero-order valence-electron chi connectivity index (χ0n) is 34.9. The number of carbonyl (C=O) groups is 3. The van der Waals surface area contributed by atoms with Gasteiger partial charge in [0.25, 0.3) is 0 Å². The molecule has 0 aromatic carbocycles. The van der Waals surface area contributed by atoms with Crippen LogP contribution in [-0.4, -0.2) is 134 Å². The molecule has 2 saturated heterocycles. The van der Waals surface area contributed by atoms with E-state index < -0.39 is 121 Å². The molecule has 0 N–H and O–H groups in total. The van der Waals surface area contributed by atoms with Gasteiger partial charge in [-0.05, 0) is 98.2 Å². The normalized spacial score (nSPS) is 30.8. The van der Waals surface area contributed by atoms with E-state index in [1.54, 1.807) is 0 Å². The fourth-order valence-corrected chi connectivity index (χ4v) is 11.2. The number of carbonyl (C=O) groups excluding carboxylic acids is 3. The molecule has 52 heavy (non-hydrogen) atoms. The molecule has 19 heteroatoms. The molecule has 2 aliphatic heterocycles. The summed E-state index contributed by atoms with van der Waals surface area (Å²) in [5.41, 5.74) is 0. The highest BCUT2D eigenvalue weighted by Crippen LogP contribution is 2.39. The van der Waals surface area contributed by atoms with Crippen molar-refractivity contribution >= 4 is 59.5 Å². The molecule has 304 valence electrons. The molecule has 2 aliphatic rings. The van der Waals surface area contributed by atoms with Crippen LogP contribution in [0.3, 0.4) is 0 Å². The summed E-state index contributed by atoms with van der Waals surface area (Å²) in [7, 11) is -11.6. The number of hydrogen-bond donors (Lipinski definition) is 0. The Kier molecular flexibility index (Phi) is 16.8. The largest absolute Gasteiger partial charge is 0.463 e. The average molecular weight is 829 g/mol. The topological polar surface area (TPSA) is 153 Å². The monoisotopic (exact) mass is 828 g/mol. The average Bonchev–Trinajstić information content (AvgIpc) is 2.89. The third-order valence-electron chi connectivity index (χ3n) is 7.11. The van der Waals surface area contributed by atoms with E-state index >= 15 is 0 Å². The summed E-state index contributed by atoms with van der Waals surface area (Å²) in [6.07, 6.45) is -8.90. The number of esters is 3. The van der Waals surface area contributed by atoms with E-state index in [1.807, 2.05) is 39.3 Å². The molecule has 1 unspecified atom stereocenters. The molecule has 0 bridgehead atoms. The van der Waals surface area contributed by atoms with Crippen molar-refractivity contribution in [1.29, 1.82) is 0 Å². The minimum atomic E-state index is -2.40. The minimum absolute atomic E-state index is 0.113. The van der Waals surface area contributed by atoms with Gasteiger partial charge in [-0.15, -0.1) is 0 Å². The maximum absolute atomic E-state index is 12.4. The maximum atomic E-state index is 12.4. The SMILES string of the molecule is CC(=O)OC[C@H]1O[C@@H](O[C@H]2[C@H](O[Si](C)(C)C)[C@@H](O[Si](C)(C)C)C(OC(C)=O)O[C@@H]2COC(C)=O)[C@H](O[Si](C)(C)C)[C@@H](O[Si](C)(C)C)[C@@H]1O[Si](C)(C)C. The number of ether oxygens (including phenoxy) is 6. The van der Waals surface area contributed by atoms with E-state index in [9.17, 15) is 14.4 Å². The molecule has 2 heterocycles. The van der Waals surface area contributed by atoms with Crippen molar-refractivity contribution in [3.05, 3.63) is 0 Å². The standard InChI is InChI=1S/C33H68O14Si5/c1-21(34)37-19-24-26(28(44-49(7,8)9)30(46-51(13,14)15)32(40-24)39-23(3)36)42-33-31(47-52(16,17)18)29(45-50(10,11)12)27(43-48(4,5)6)25(41-33)20-38-22(2)35/h24-33H,19-20H2,1-18H3/t24-,25-,26-,27-,28+,29+,30-,31-,32?,33+/m1/s1. The van der Waals surface area contributed by atoms with E-state index in [4.69, 9.17) is 50.6 Å². The lowest BCUT2D eigenvalue weighted by Gasteiger charge is -2.53. The van der Waals surface area contributed by atoms with Gasteiger partial charge in [-0.3, -0.25) is 14.4 Å². The Balaban J connectivity index is 2.87. The highest BCUT2D eigenvalue weighted by molar-refractivity contribution is 6.71. The van der Waals surface area contributed by atoms with E-state index in [0.717, 1.165) is 0 Å². The third-order valence-corrected chi connectivity index (χ3v) is 12.0. The van der Waals surface area contributed by atoms with Crippen LogP contribution < -0.4 is 0 Å². The Morgan fingerprint density at radius 3 is 1.10 bits per heavy atom. The van der Waals surface area contributed by atoms with Crippen molar-refractivity contribution in [2.45, 2.75) is 180 Å². The van der Waals surface area contributed by atoms with Crippen LogP contribution in [0.4, 0.5) is 0 Å². The zero-order chi connectivity index (χ0) is 40.2. The highest BCUT2D eigenvalue weighted by Gasteiger charge is 2.57. The van der Waals surface area contributed by atoms with Gasteiger partial charge in [-0.2, -0.15) is 0 Å². The van der Waals surface area contributed by atoms with Gasteiger partial charge in [-0.1, -0.05) is 0 Å². The predicted molar refractivity (Wildman–Crippen MR) is 208 cm³/mol. The van der Waals surface area contributed by atoms with Crippen LogP contribution in [0.25, 0.3) is 0 Å². The van der Waals surface area contributed by atoms with Crippen LogP contribution >= 0.6 is 0 Å². The lowest BCUT2D eigenvalue weighted by molar-refractivity contribution is -0.348. The van der Waals surface area contributed by atoms with Crippen molar-refractivity contribution in [3.63, 3.8) is 0 Å². The predicted octanol–water partition coefficient (Wildman–Crippen LogP) is 5.61. The number of hydrogen-bond acceptors (Lipinski definition) is 14. The Morgan fingerprint density at radius 2 is 0.731 bits per heavy atom. The van der Waals surface area contributed by atoms with Crippen LogP contribution in [-0.2, 0) is 64.9 Å². The molecule has 14 nitrogen and oxygen atoms in total.